The molecule has 0 aromatic carbocycles. The summed E-state index contributed by atoms with van der Waals surface area (Å²) in [7, 11) is 1.72. The van der Waals surface area contributed by atoms with Crippen molar-refractivity contribution in [1.82, 2.24) is 0 Å². The Bertz CT molecular complexity index is 79.3. The third-order valence-corrected chi connectivity index (χ3v) is 1.90. The van der Waals surface area contributed by atoms with Gasteiger partial charge < -0.3 is 10.5 Å². The Labute approximate surface area is 63.7 Å². The lowest BCUT2D eigenvalue weighted by Gasteiger charge is -2.24. The van der Waals surface area contributed by atoms with E-state index < -0.39 is 0 Å². The molecule has 10 heavy (non-hydrogen) atoms. The Morgan fingerprint density at radius 3 is 2.00 bits per heavy atom. The zero-order valence-corrected chi connectivity index (χ0v) is 7.42. The minimum absolute atomic E-state index is 0.176. The van der Waals surface area contributed by atoms with Gasteiger partial charge in [-0.1, -0.05) is 20.8 Å². The van der Waals surface area contributed by atoms with Gasteiger partial charge in [0.15, 0.2) is 0 Å². The summed E-state index contributed by atoms with van der Waals surface area (Å²) in [6.45, 7) is 6.33. The first-order chi connectivity index (χ1) is 4.63. The summed E-state index contributed by atoms with van der Waals surface area (Å²) >= 11 is 0. The van der Waals surface area contributed by atoms with Crippen molar-refractivity contribution >= 4 is 0 Å². The van der Waals surface area contributed by atoms with Crippen LogP contribution in [0.2, 0.25) is 0 Å². The van der Waals surface area contributed by atoms with Crippen LogP contribution in [0.5, 0.6) is 0 Å². The van der Waals surface area contributed by atoms with Gasteiger partial charge in [-0.25, -0.2) is 0 Å². The Kier molecular flexibility index (Phi) is 4.65. The summed E-state index contributed by atoms with van der Waals surface area (Å²) in [5.74, 6) is 0.505. The van der Waals surface area contributed by atoms with Crippen LogP contribution in [0.1, 0.15) is 27.2 Å². The van der Waals surface area contributed by atoms with E-state index in [4.69, 9.17) is 10.5 Å². The van der Waals surface area contributed by atoms with Crippen molar-refractivity contribution in [3.63, 3.8) is 0 Å². The van der Waals surface area contributed by atoms with Crippen LogP contribution < -0.4 is 5.73 Å². The molecule has 0 rings (SSSR count). The van der Waals surface area contributed by atoms with E-state index in [1.165, 1.54) is 0 Å². The normalized spacial score (nSPS) is 17.4. The molecule has 0 aliphatic rings. The second-order valence-electron chi connectivity index (χ2n) is 3.00. The number of hydrogen-bond donors (Lipinski definition) is 1. The summed E-state index contributed by atoms with van der Waals surface area (Å²) in [5.41, 5.74) is 5.86. The molecule has 2 heteroatoms. The number of nitrogens with two attached hydrogens (primary N) is 1. The van der Waals surface area contributed by atoms with Crippen molar-refractivity contribution in [3.05, 3.63) is 0 Å². The molecule has 62 valence electrons. The van der Waals surface area contributed by atoms with Crippen LogP contribution in [0.15, 0.2) is 0 Å². The van der Waals surface area contributed by atoms with E-state index in [-0.39, 0.29) is 12.1 Å². The fraction of sp³-hybridized carbons (Fsp3) is 1.00. The number of hydrogen-bond acceptors (Lipinski definition) is 2. The minimum atomic E-state index is 0.176. The highest BCUT2D eigenvalue weighted by molar-refractivity contribution is 4.74. The zero-order chi connectivity index (χ0) is 8.15. The molecule has 0 aromatic rings. The third-order valence-electron chi connectivity index (χ3n) is 1.90. The van der Waals surface area contributed by atoms with Crippen molar-refractivity contribution < 1.29 is 4.74 Å². The number of methoxy groups -OCH3 is 1. The van der Waals surface area contributed by atoms with E-state index in [9.17, 15) is 0 Å². The van der Waals surface area contributed by atoms with Gasteiger partial charge in [-0.3, -0.25) is 0 Å². The van der Waals surface area contributed by atoms with E-state index in [0.717, 1.165) is 6.42 Å². The molecule has 0 spiro atoms. The smallest absolute Gasteiger partial charge is 0.0722 e. The van der Waals surface area contributed by atoms with Gasteiger partial charge >= 0.3 is 0 Å². The molecule has 0 aromatic heterocycles. The average Bonchev–Trinajstić information content (AvgIpc) is 1.90. The highest BCUT2D eigenvalue weighted by atomic mass is 16.5. The van der Waals surface area contributed by atoms with E-state index in [2.05, 4.69) is 20.8 Å². The highest BCUT2D eigenvalue weighted by Crippen LogP contribution is 2.08. The second kappa shape index (κ2) is 4.69. The summed E-state index contributed by atoms with van der Waals surface area (Å²) in [4.78, 5) is 0. The molecule has 2 nitrogen and oxygen atoms in total. The predicted molar refractivity (Wildman–Crippen MR) is 43.9 cm³/mol. The first-order valence-corrected chi connectivity index (χ1v) is 3.91. The van der Waals surface area contributed by atoms with E-state index in [1.807, 2.05) is 0 Å². The van der Waals surface area contributed by atoms with Crippen LogP contribution in [0, 0.1) is 5.92 Å². The quantitative estimate of drug-likeness (QED) is 0.649. The molecular formula is C8H19NO. The SMILES string of the molecule is CCC(OC)C(N)C(C)C. The topological polar surface area (TPSA) is 35.2 Å². The van der Waals surface area contributed by atoms with Gasteiger partial charge in [-0.2, -0.15) is 0 Å². The summed E-state index contributed by atoms with van der Waals surface area (Å²) in [5, 5.41) is 0. The molecule has 0 amide bonds. The monoisotopic (exact) mass is 145 g/mol. The van der Waals surface area contributed by atoms with Gasteiger partial charge in [0.25, 0.3) is 0 Å². The van der Waals surface area contributed by atoms with Crippen molar-refractivity contribution in [2.45, 2.75) is 39.3 Å². The molecule has 0 heterocycles. The first-order valence-electron chi connectivity index (χ1n) is 3.91. The molecular weight excluding hydrogens is 126 g/mol. The predicted octanol–water partition coefficient (Wildman–Crippen LogP) is 1.39. The molecule has 0 radical (unpaired) electrons. The largest absolute Gasteiger partial charge is 0.380 e. The second-order valence-corrected chi connectivity index (χ2v) is 3.00. The summed E-state index contributed by atoms with van der Waals surface area (Å²) in [6.07, 6.45) is 1.22. The summed E-state index contributed by atoms with van der Waals surface area (Å²) in [6, 6.07) is 0.176. The van der Waals surface area contributed by atoms with Crippen LogP contribution in [-0.2, 0) is 4.74 Å². The molecule has 0 saturated carbocycles. The Balaban J connectivity index is 3.76. The third kappa shape index (κ3) is 2.67. The maximum atomic E-state index is 5.86. The fourth-order valence-corrected chi connectivity index (χ4v) is 1.03. The summed E-state index contributed by atoms with van der Waals surface area (Å²) < 4.78 is 5.20. The first kappa shape index (κ1) is 9.92. The Morgan fingerprint density at radius 1 is 1.40 bits per heavy atom. The highest BCUT2D eigenvalue weighted by Gasteiger charge is 2.17. The lowest BCUT2D eigenvalue weighted by molar-refractivity contribution is 0.0638. The Hall–Kier alpha value is -0.0800. The molecule has 0 aliphatic heterocycles. The van der Waals surface area contributed by atoms with Crippen molar-refractivity contribution in [1.29, 1.82) is 0 Å². The van der Waals surface area contributed by atoms with Crippen LogP contribution in [-0.4, -0.2) is 19.3 Å². The van der Waals surface area contributed by atoms with Crippen molar-refractivity contribution in [3.8, 4) is 0 Å². The molecule has 2 atom stereocenters. The number of rotatable bonds is 4. The zero-order valence-electron chi connectivity index (χ0n) is 7.42. The standard InChI is InChI=1S/C8H19NO/c1-5-7(10-4)8(9)6(2)3/h6-8H,5,9H2,1-4H3. The van der Waals surface area contributed by atoms with Crippen molar-refractivity contribution in [2.24, 2.45) is 11.7 Å². The maximum Gasteiger partial charge on any atom is 0.0722 e. The molecule has 0 fully saturated rings. The van der Waals surface area contributed by atoms with Gasteiger partial charge in [-0.05, 0) is 12.3 Å². The fourth-order valence-electron chi connectivity index (χ4n) is 1.03. The number of ether oxygens (including phenoxy) is 1. The van der Waals surface area contributed by atoms with E-state index in [1.54, 1.807) is 7.11 Å². The van der Waals surface area contributed by atoms with Crippen LogP contribution in [0.4, 0.5) is 0 Å². The van der Waals surface area contributed by atoms with Gasteiger partial charge in [0.05, 0.1) is 6.10 Å². The van der Waals surface area contributed by atoms with E-state index >= 15 is 0 Å². The minimum Gasteiger partial charge on any atom is -0.380 e. The van der Waals surface area contributed by atoms with E-state index in [0.29, 0.717) is 5.92 Å². The van der Waals surface area contributed by atoms with Gasteiger partial charge in [0.2, 0.25) is 0 Å². The lowest BCUT2D eigenvalue weighted by Crippen LogP contribution is -2.39. The van der Waals surface area contributed by atoms with Crippen molar-refractivity contribution in [2.75, 3.05) is 7.11 Å². The lowest BCUT2D eigenvalue weighted by atomic mass is 9.98. The average molecular weight is 145 g/mol. The molecule has 2 unspecified atom stereocenters. The molecule has 0 aliphatic carbocycles. The molecule has 2 N–H and O–H groups in total. The molecule has 0 saturated heterocycles. The van der Waals surface area contributed by atoms with Crippen LogP contribution in [0.25, 0.3) is 0 Å². The van der Waals surface area contributed by atoms with Gasteiger partial charge in [-0.15, -0.1) is 0 Å². The maximum absolute atomic E-state index is 5.86. The van der Waals surface area contributed by atoms with Crippen LogP contribution >= 0.6 is 0 Å². The Morgan fingerprint density at radius 2 is 1.90 bits per heavy atom. The molecule has 0 bridgehead atoms. The van der Waals surface area contributed by atoms with Gasteiger partial charge in [0, 0.05) is 13.2 Å². The van der Waals surface area contributed by atoms with Gasteiger partial charge in [0.1, 0.15) is 0 Å². The van der Waals surface area contributed by atoms with Crippen LogP contribution in [0.3, 0.4) is 0 Å².